The number of rotatable bonds is 0. The number of nitrogens with one attached hydrogen (secondary N) is 1. The van der Waals surface area contributed by atoms with Crippen molar-refractivity contribution in [2.75, 3.05) is 19.7 Å². The van der Waals surface area contributed by atoms with Gasteiger partial charge in [-0.05, 0) is 6.92 Å². The van der Waals surface area contributed by atoms with Crippen LogP contribution in [0.4, 0.5) is 0 Å². The van der Waals surface area contributed by atoms with Crippen molar-refractivity contribution in [3.63, 3.8) is 0 Å². The fourth-order valence-corrected chi connectivity index (χ4v) is 0.697. The molecule has 0 aromatic rings. The van der Waals surface area contributed by atoms with Crippen LogP contribution in [0.5, 0.6) is 0 Å². The molecule has 1 heterocycles. The molecule has 1 rings (SSSR count). The predicted octanol–water partition coefficient (Wildman–Crippen LogP) is -0.00530. The maximum atomic E-state index is 5.22. The zero-order valence-electron chi connectivity index (χ0n) is 4.61. The highest BCUT2D eigenvalue weighted by Gasteiger charge is 2.04. The Labute approximate surface area is 43.9 Å². The van der Waals surface area contributed by atoms with Crippen LogP contribution in [0.25, 0.3) is 0 Å². The molecule has 1 atom stereocenters. The zero-order valence-corrected chi connectivity index (χ0v) is 4.61. The number of ether oxygens (including phenoxy) is 1. The smallest absolute Gasteiger partial charge is 0.0672 e. The molecule has 2 nitrogen and oxygen atoms in total. The molecule has 0 spiro atoms. The van der Waals surface area contributed by atoms with Gasteiger partial charge in [0.25, 0.3) is 0 Å². The third kappa shape index (κ3) is 1.45. The van der Waals surface area contributed by atoms with Gasteiger partial charge < -0.3 is 10.1 Å². The molecule has 7 heavy (non-hydrogen) atoms. The van der Waals surface area contributed by atoms with Crippen molar-refractivity contribution in [3.05, 3.63) is 0 Å². The standard InChI is InChI=1S/C5H11NO/c1-5-4-6-2-3-7-5/h5-6H,2-4H2,1H3/t5-/m0/s1. The highest BCUT2D eigenvalue weighted by Crippen LogP contribution is 1.91. The van der Waals surface area contributed by atoms with E-state index in [1.165, 1.54) is 0 Å². The van der Waals surface area contributed by atoms with Gasteiger partial charge in [-0.1, -0.05) is 0 Å². The maximum Gasteiger partial charge on any atom is 0.0672 e. The van der Waals surface area contributed by atoms with Crippen molar-refractivity contribution in [2.24, 2.45) is 0 Å². The van der Waals surface area contributed by atoms with Crippen molar-refractivity contribution >= 4 is 0 Å². The molecule has 1 fully saturated rings. The van der Waals surface area contributed by atoms with E-state index in [1.807, 2.05) is 0 Å². The molecular formula is C5H11NO. The minimum Gasteiger partial charge on any atom is -0.376 e. The summed E-state index contributed by atoms with van der Waals surface area (Å²) in [7, 11) is 0. The topological polar surface area (TPSA) is 21.3 Å². The van der Waals surface area contributed by atoms with E-state index in [1.54, 1.807) is 0 Å². The molecule has 0 bridgehead atoms. The third-order valence-electron chi connectivity index (χ3n) is 1.11. The normalized spacial score (nSPS) is 33.0. The molecule has 1 saturated heterocycles. The Morgan fingerprint density at radius 2 is 2.57 bits per heavy atom. The Morgan fingerprint density at radius 1 is 1.71 bits per heavy atom. The van der Waals surface area contributed by atoms with Gasteiger partial charge in [-0.2, -0.15) is 0 Å². The first kappa shape index (κ1) is 5.06. The summed E-state index contributed by atoms with van der Waals surface area (Å²) in [5, 5.41) is 3.21. The van der Waals surface area contributed by atoms with Crippen LogP contribution in [0.3, 0.4) is 0 Å². The van der Waals surface area contributed by atoms with E-state index < -0.39 is 0 Å². The monoisotopic (exact) mass is 101 g/mol. The second kappa shape index (κ2) is 2.28. The fourth-order valence-electron chi connectivity index (χ4n) is 0.697. The lowest BCUT2D eigenvalue weighted by molar-refractivity contribution is 0.0410. The number of hydrogen-bond acceptors (Lipinski definition) is 2. The van der Waals surface area contributed by atoms with Gasteiger partial charge in [0.05, 0.1) is 12.7 Å². The fraction of sp³-hybridized carbons (Fsp3) is 1.00. The van der Waals surface area contributed by atoms with Crippen molar-refractivity contribution < 1.29 is 4.74 Å². The van der Waals surface area contributed by atoms with Crippen LogP contribution in [-0.2, 0) is 4.74 Å². The quantitative estimate of drug-likeness (QED) is 0.463. The second-order valence-electron chi connectivity index (χ2n) is 1.89. The highest BCUT2D eigenvalue weighted by atomic mass is 16.5. The molecule has 0 saturated carbocycles. The Morgan fingerprint density at radius 3 is 2.86 bits per heavy atom. The van der Waals surface area contributed by atoms with Gasteiger partial charge in [0.2, 0.25) is 0 Å². The molecule has 0 aromatic heterocycles. The van der Waals surface area contributed by atoms with Gasteiger partial charge in [0.1, 0.15) is 0 Å². The molecule has 42 valence electrons. The maximum absolute atomic E-state index is 5.22. The molecule has 0 aliphatic carbocycles. The lowest BCUT2D eigenvalue weighted by Crippen LogP contribution is -2.36. The summed E-state index contributed by atoms with van der Waals surface area (Å²) >= 11 is 0. The predicted molar refractivity (Wildman–Crippen MR) is 28.3 cm³/mol. The van der Waals surface area contributed by atoms with Crippen LogP contribution in [-0.4, -0.2) is 25.8 Å². The SMILES string of the molecule is C[C@H]1CNCCO1. The molecule has 0 unspecified atom stereocenters. The molecule has 0 aromatic carbocycles. The van der Waals surface area contributed by atoms with E-state index in [4.69, 9.17) is 4.74 Å². The van der Waals surface area contributed by atoms with Gasteiger partial charge in [0, 0.05) is 13.1 Å². The first-order valence-corrected chi connectivity index (χ1v) is 2.72. The summed E-state index contributed by atoms with van der Waals surface area (Å²) in [6.45, 7) is 4.98. The van der Waals surface area contributed by atoms with Crippen molar-refractivity contribution in [2.45, 2.75) is 13.0 Å². The lowest BCUT2D eigenvalue weighted by atomic mass is 10.3. The van der Waals surface area contributed by atoms with Crippen LogP contribution in [0.2, 0.25) is 0 Å². The van der Waals surface area contributed by atoms with E-state index in [0.717, 1.165) is 19.7 Å². The molecular weight excluding hydrogens is 90.1 g/mol. The molecule has 1 N–H and O–H groups in total. The Hall–Kier alpha value is -0.0800. The minimum absolute atomic E-state index is 0.425. The number of hydrogen-bond donors (Lipinski definition) is 1. The minimum atomic E-state index is 0.425. The van der Waals surface area contributed by atoms with E-state index in [9.17, 15) is 0 Å². The first-order chi connectivity index (χ1) is 3.39. The Balaban J connectivity index is 2.12. The van der Waals surface area contributed by atoms with Crippen LogP contribution in [0.15, 0.2) is 0 Å². The summed E-state index contributed by atoms with van der Waals surface area (Å²) in [5.74, 6) is 0. The van der Waals surface area contributed by atoms with Crippen LogP contribution in [0, 0.1) is 0 Å². The summed E-state index contributed by atoms with van der Waals surface area (Å²) in [6, 6.07) is 0. The van der Waals surface area contributed by atoms with E-state index in [0.29, 0.717) is 6.10 Å². The molecule has 2 heteroatoms. The summed E-state index contributed by atoms with van der Waals surface area (Å²) in [5.41, 5.74) is 0. The molecule has 1 aliphatic rings. The van der Waals surface area contributed by atoms with Crippen molar-refractivity contribution in [3.8, 4) is 0 Å². The largest absolute Gasteiger partial charge is 0.376 e. The average Bonchev–Trinajstić information content (AvgIpc) is 1.69. The summed E-state index contributed by atoms with van der Waals surface area (Å²) < 4.78 is 5.22. The Kier molecular flexibility index (Phi) is 1.65. The van der Waals surface area contributed by atoms with Crippen LogP contribution >= 0.6 is 0 Å². The van der Waals surface area contributed by atoms with E-state index in [2.05, 4.69) is 12.2 Å². The van der Waals surface area contributed by atoms with Gasteiger partial charge in [-0.3, -0.25) is 0 Å². The first-order valence-electron chi connectivity index (χ1n) is 2.72. The summed E-state index contributed by atoms with van der Waals surface area (Å²) in [6.07, 6.45) is 0.425. The highest BCUT2D eigenvalue weighted by molar-refractivity contribution is 4.59. The van der Waals surface area contributed by atoms with Crippen LogP contribution < -0.4 is 5.32 Å². The van der Waals surface area contributed by atoms with Gasteiger partial charge in [0.15, 0.2) is 0 Å². The van der Waals surface area contributed by atoms with Crippen molar-refractivity contribution in [1.29, 1.82) is 0 Å². The van der Waals surface area contributed by atoms with E-state index in [-0.39, 0.29) is 0 Å². The molecule has 0 radical (unpaired) electrons. The molecule has 1 aliphatic heterocycles. The van der Waals surface area contributed by atoms with Gasteiger partial charge >= 0.3 is 0 Å². The van der Waals surface area contributed by atoms with Crippen LogP contribution in [0.1, 0.15) is 6.92 Å². The van der Waals surface area contributed by atoms with Gasteiger partial charge in [-0.15, -0.1) is 0 Å². The summed E-state index contributed by atoms with van der Waals surface area (Å²) in [4.78, 5) is 0. The molecule has 0 amide bonds. The zero-order chi connectivity index (χ0) is 5.11. The number of morpholine rings is 1. The lowest BCUT2D eigenvalue weighted by Gasteiger charge is -2.18. The van der Waals surface area contributed by atoms with Crippen molar-refractivity contribution in [1.82, 2.24) is 5.32 Å². The third-order valence-corrected chi connectivity index (χ3v) is 1.11. The van der Waals surface area contributed by atoms with E-state index >= 15 is 0 Å². The second-order valence-corrected chi connectivity index (χ2v) is 1.89. The Bertz CT molecular complexity index is 50.0. The average molecular weight is 101 g/mol. The van der Waals surface area contributed by atoms with Gasteiger partial charge in [-0.25, -0.2) is 0 Å².